The fourth-order valence-corrected chi connectivity index (χ4v) is 3.55. The van der Waals surface area contributed by atoms with Crippen molar-refractivity contribution in [1.82, 2.24) is 15.3 Å². The summed E-state index contributed by atoms with van der Waals surface area (Å²) in [7, 11) is 0. The summed E-state index contributed by atoms with van der Waals surface area (Å²) in [6, 6.07) is 18.3. The number of hydrogen-bond donors (Lipinski definition) is 4. The van der Waals surface area contributed by atoms with Crippen molar-refractivity contribution in [3.8, 4) is 17.0 Å². The number of aromatic hydroxyl groups is 1. The van der Waals surface area contributed by atoms with E-state index < -0.39 is 6.67 Å². The number of hydrogen-bond acceptors (Lipinski definition) is 6. The molecule has 0 aliphatic heterocycles. The number of phenols is 1. The van der Waals surface area contributed by atoms with E-state index in [0.29, 0.717) is 38.9 Å². The first-order chi connectivity index (χ1) is 16.4. The molecular weight excluding hydrogens is 457 g/mol. The molecule has 0 aliphatic rings. The lowest BCUT2D eigenvalue weighted by Gasteiger charge is -2.13. The molecule has 0 unspecified atom stereocenters. The Morgan fingerprint density at radius 3 is 2.68 bits per heavy atom. The molecule has 1 amide bonds. The average molecular weight is 478 g/mol. The van der Waals surface area contributed by atoms with Crippen LogP contribution in [0.5, 0.6) is 5.75 Å². The van der Waals surface area contributed by atoms with Crippen LogP contribution in [0, 0.1) is 0 Å². The monoisotopic (exact) mass is 477 g/mol. The minimum atomic E-state index is -0.685. The lowest BCUT2D eigenvalue weighted by Crippen LogP contribution is -2.24. The molecule has 4 aromatic rings. The smallest absolute Gasteiger partial charge is 0.255 e. The predicted molar refractivity (Wildman–Crippen MR) is 131 cm³/mol. The number of aromatic nitrogens is 2. The van der Waals surface area contributed by atoms with Crippen LogP contribution in [0.2, 0.25) is 5.02 Å². The molecule has 7 nitrogen and oxygen atoms in total. The Bertz CT molecular complexity index is 1330. The predicted octanol–water partition coefficient (Wildman–Crippen LogP) is 5.23. The van der Waals surface area contributed by atoms with Crippen molar-refractivity contribution in [1.29, 1.82) is 0 Å². The number of phenolic OH excluding ortho intramolecular Hbond substituents is 1. The Morgan fingerprint density at radius 1 is 1.09 bits per heavy atom. The molecule has 0 saturated heterocycles. The maximum atomic E-state index is 13.4. The van der Waals surface area contributed by atoms with Gasteiger partial charge in [0.05, 0.1) is 23.5 Å². The largest absolute Gasteiger partial charge is 0.507 e. The highest BCUT2D eigenvalue weighted by Gasteiger charge is 2.15. The number of nitrogens with one attached hydrogen (secondary N) is 2. The summed E-state index contributed by atoms with van der Waals surface area (Å²) in [5, 5.41) is 16.7. The number of nitrogens with zero attached hydrogens (tertiary/aromatic N) is 2. The van der Waals surface area contributed by atoms with Gasteiger partial charge < -0.3 is 21.5 Å². The third-order valence-corrected chi connectivity index (χ3v) is 5.32. The molecule has 2 aromatic heterocycles. The van der Waals surface area contributed by atoms with Crippen LogP contribution in [0.4, 0.5) is 21.6 Å². The first-order valence-electron chi connectivity index (χ1n) is 10.3. The molecule has 0 aliphatic carbocycles. The van der Waals surface area contributed by atoms with E-state index in [0.717, 1.165) is 0 Å². The van der Waals surface area contributed by atoms with E-state index in [1.807, 2.05) is 6.07 Å². The Kier molecular flexibility index (Phi) is 6.89. The first-order valence-corrected chi connectivity index (χ1v) is 10.7. The summed E-state index contributed by atoms with van der Waals surface area (Å²) >= 11 is 5.95. The summed E-state index contributed by atoms with van der Waals surface area (Å²) < 4.78 is 13.4. The van der Waals surface area contributed by atoms with E-state index in [4.69, 9.17) is 17.3 Å². The van der Waals surface area contributed by atoms with Gasteiger partial charge in [0.1, 0.15) is 18.2 Å². The Morgan fingerprint density at radius 2 is 1.94 bits per heavy atom. The SMILES string of the molecule is Nc1nc(-c2cc(Nc3ccc(Cl)cc3CF)ccc2O)ccc1C(=O)NCc1ccccn1. The lowest BCUT2D eigenvalue weighted by molar-refractivity contribution is 0.0951. The fraction of sp³-hybridized carbons (Fsp3) is 0.0800. The summed E-state index contributed by atoms with van der Waals surface area (Å²) in [6.07, 6.45) is 1.65. The highest BCUT2D eigenvalue weighted by atomic mass is 35.5. The number of anilines is 3. The highest BCUT2D eigenvalue weighted by molar-refractivity contribution is 6.30. The van der Waals surface area contributed by atoms with E-state index in [9.17, 15) is 14.3 Å². The van der Waals surface area contributed by atoms with Crippen LogP contribution in [0.3, 0.4) is 0 Å². The molecular formula is C25H21ClFN5O2. The summed E-state index contributed by atoms with van der Waals surface area (Å²) in [6.45, 7) is -0.434. The molecule has 0 radical (unpaired) electrons. The van der Waals surface area contributed by atoms with Gasteiger partial charge >= 0.3 is 0 Å². The molecule has 0 spiro atoms. The quantitative estimate of drug-likeness (QED) is 0.271. The van der Waals surface area contributed by atoms with Gasteiger partial charge in [-0.3, -0.25) is 9.78 Å². The molecule has 172 valence electrons. The van der Waals surface area contributed by atoms with Crippen molar-refractivity contribution in [2.45, 2.75) is 13.2 Å². The van der Waals surface area contributed by atoms with Crippen molar-refractivity contribution in [2.75, 3.05) is 11.1 Å². The zero-order valence-corrected chi connectivity index (χ0v) is 18.7. The van der Waals surface area contributed by atoms with Gasteiger partial charge in [-0.05, 0) is 60.7 Å². The average Bonchev–Trinajstić information content (AvgIpc) is 2.85. The number of carbonyl (C=O) groups is 1. The van der Waals surface area contributed by atoms with Crippen molar-refractivity contribution in [2.24, 2.45) is 0 Å². The van der Waals surface area contributed by atoms with Gasteiger partial charge in [0.25, 0.3) is 5.91 Å². The second-order valence-corrected chi connectivity index (χ2v) is 7.86. The highest BCUT2D eigenvalue weighted by Crippen LogP contribution is 2.33. The Balaban J connectivity index is 1.55. The summed E-state index contributed by atoms with van der Waals surface area (Å²) in [5.74, 6) is -0.388. The fourth-order valence-electron chi connectivity index (χ4n) is 3.35. The summed E-state index contributed by atoms with van der Waals surface area (Å²) in [5.41, 5.74) is 9.31. The maximum absolute atomic E-state index is 13.4. The van der Waals surface area contributed by atoms with E-state index >= 15 is 0 Å². The molecule has 5 N–H and O–H groups in total. The van der Waals surface area contributed by atoms with Crippen LogP contribution >= 0.6 is 11.6 Å². The third kappa shape index (κ3) is 5.24. The normalized spacial score (nSPS) is 10.6. The van der Waals surface area contributed by atoms with Gasteiger partial charge in [0.15, 0.2) is 0 Å². The van der Waals surface area contributed by atoms with E-state index in [2.05, 4.69) is 20.6 Å². The van der Waals surface area contributed by atoms with Crippen molar-refractivity contribution in [3.05, 3.63) is 94.8 Å². The Hall–Kier alpha value is -4.17. The number of benzene rings is 2. The van der Waals surface area contributed by atoms with Crippen molar-refractivity contribution < 1.29 is 14.3 Å². The van der Waals surface area contributed by atoms with Crippen LogP contribution in [0.1, 0.15) is 21.6 Å². The topological polar surface area (TPSA) is 113 Å². The van der Waals surface area contributed by atoms with Crippen LogP contribution in [0.15, 0.2) is 72.9 Å². The van der Waals surface area contributed by atoms with Gasteiger partial charge in [-0.1, -0.05) is 17.7 Å². The third-order valence-electron chi connectivity index (χ3n) is 5.09. The Labute approximate surface area is 200 Å². The molecule has 2 aromatic carbocycles. The molecule has 0 atom stereocenters. The first kappa shape index (κ1) is 23.0. The van der Waals surface area contributed by atoms with Gasteiger partial charge in [0, 0.05) is 33.7 Å². The van der Waals surface area contributed by atoms with Crippen LogP contribution in [-0.4, -0.2) is 21.0 Å². The second-order valence-electron chi connectivity index (χ2n) is 7.43. The van der Waals surface area contributed by atoms with Crippen molar-refractivity contribution in [3.63, 3.8) is 0 Å². The number of nitrogen functional groups attached to an aromatic ring is 1. The molecule has 0 bridgehead atoms. The number of halogens is 2. The number of pyridine rings is 2. The minimum Gasteiger partial charge on any atom is -0.507 e. The standard InChI is InChI=1S/C25H21ClFN5O2/c26-16-4-7-21(15(11-16)13-27)31-17-5-9-23(33)20(12-17)22-8-6-19(24(28)32-22)25(34)30-14-18-3-1-2-10-29-18/h1-12,31,33H,13-14H2,(H2,28,32)(H,30,34). The number of nitrogens with two attached hydrogens (primary N) is 1. The van der Waals surface area contributed by atoms with E-state index in [1.54, 1.807) is 60.8 Å². The van der Waals surface area contributed by atoms with Crippen LogP contribution in [0.25, 0.3) is 11.3 Å². The molecule has 9 heteroatoms. The van der Waals surface area contributed by atoms with E-state index in [-0.39, 0.29) is 29.6 Å². The van der Waals surface area contributed by atoms with Crippen LogP contribution < -0.4 is 16.4 Å². The lowest BCUT2D eigenvalue weighted by atomic mass is 10.1. The van der Waals surface area contributed by atoms with Gasteiger partial charge in [-0.2, -0.15) is 0 Å². The van der Waals surface area contributed by atoms with Crippen LogP contribution in [-0.2, 0) is 13.2 Å². The zero-order valence-electron chi connectivity index (χ0n) is 17.9. The minimum absolute atomic E-state index is 0.0196. The maximum Gasteiger partial charge on any atom is 0.255 e. The van der Waals surface area contributed by atoms with Gasteiger partial charge in [-0.15, -0.1) is 0 Å². The molecule has 4 rings (SSSR count). The molecule has 2 heterocycles. The number of amides is 1. The number of carbonyl (C=O) groups excluding carboxylic acids is 1. The van der Waals surface area contributed by atoms with Gasteiger partial charge in [-0.25, -0.2) is 9.37 Å². The zero-order chi connectivity index (χ0) is 24.1. The van der Waals surface area contributed by atoms with Crippen molar-refractivity contribution >= 4 is 34.7 Å². The number of alkyl halides is 1. The van der Waals surface area contributed by atoms with Gasteiger partial charge in [0.2, 0.25) is 0 Å². The molecule has 0 saturated carbocycles. The summed E-state index contributed by atoms with van der Waals surface area (Å²) in [4.78, 5) is 21.0. The van der Waals surface area contributed by atoms with E-state index in [1.165, 1.54) is 6.07 Å². The second kappa shape index (κ2) is 10.2. The number of rotatable bonds is 7. The molecule has 0 fully saturated rings. The molecule has 34 heavy (non-hydrogen) atoms.